The molecule has 218 valence electrons. The van der Waals surface area contributed by atoms with E-state index in [9.17, 15) is 18.0 Å². The van der Waals surface area contributed by atoms with Gasteiger partial charge in [-0.25, -0.2) is 8.42 Å². The number of hydrogen-bond acceptors (Lipinski definition) is 4. The Morgan fingerprint density at radius 2 is 1.43 bits per heavy atom. The summed E-state index contributed by atoms with van der Waals surface area (Å²) < 4.78 is 28.7. The highest BCUT2D eigenvalue weighted by atomic mass is 35.5. The predicted molar refractivity (Wildman–Crippen MR) is 160 cm³/mol. The van der Waals surface area contributed by atoms with E-state index in [0.717, 1.165) is 70.3 Å². The quantitative estimate of drug-likeness (QED) is 0.337. The van der Waals surface area contributed by atoms with Crippen LogP contribution < -0.4 is 4.72 Å². The van der Waals surface area contributed by atoms with Gasteiger partial charge in [-0.3, -0.25) is 14.3 Å². The summed E-state index contributed by atoms with van der Waals surface area (Å²) >= 11 is 12.0. The monoisotopic (exact) mass is 607 g/mol. The van der Waals surface area contributed by atoms with E-state index < -0.39 is 15.9 Å². The standard InChI is InChI=1S/C30H39Cl2N3O4S/c31-27-16-15-25(22-28(27)32)40(38,39)33-24-12-9-11-23(21-24)26(30(37)35-19-7-3-4-8-20-35)13-10-14-29(36)34-17-5-1-2-6-18-34/h9,11-12,15-16,21-22,26,33H,1-8,10,13-14,17-20H2. The summed E-state index contributed by atoms with van der Waals surface area (Å²) in [5, 5.41) is 0.419. The maximum atomic E-state index is 13.8. The zero-order valence-corrected chi connectivity index (χ0v) is 25.2. The number of hydrogen-bond donors (Lipinski definition) is 1. The van der Waals surface area contributed by atoms with Gasteiger partial charge in [0.15, 0.2) is 0 Å². The lowest BCUT2D eigenvalue weighted by Crippen LogP contribution is -2.36. The molecule has 0 radical (unpaired) electrons. The van der Waals surface area contributed by atoms with Crippen LogP contribution in [0.3, 0.4) is 0 Å². The Hall–Kier alpha value is -2.29. The second-order valence-electron chi connectivity index (χ2n) is 10.8. The van der Waals surface area contributed by atoms with Crippen LogP contribution in [0, 0.1) is 0 Å². The minimum Gasteiger partial charge on any atom is -0.343 e. The van der Waals surface area contributed by atoms with Gasteiger partial charge in [0.2, 0.25) is 11.8 Å². The van der Waals surface area contributed by atoms with Gasteiger partial charge in [-0.15, -0.1) is 0 Å². The molecule has 7 nitrogen and oxygen atoms in total. The first-order valence-electron chi connectivity index (χ1n) is 14.4. The molecule has 0 saturated carbocycles. The third-order valence-electron chi connectivity index (χ3n) is 7.80. The predicted octanol–water partition coefficient (Wildman–Crippen LogP) is 6.85. The maximum Gasteiger partial charge on any atom is 0.261 e. The molecule has 2 heterocycles. The van der Waals surface area contributed by atoms with E-state index in [1.165, 1.54) is 31.0 Å². The highest BCUT2D eigenvalue weighted by molar-refractivity contribution is 7.92. The number of likely N-dealkylation sites (tertiary alicyclic amines) is 2. The zero-order chi connectivity index (χ0) is 28.5. The molecule has 0 aromatic heterocycles. The number of nitrogens with one attached hydrogen (secondary N) is 1. The Morgan fingerprint density at radius 3 is 2.05 bits per heavy atom. The molecule has 1 unspecified atom stereocenters. The summed E-state index contributed by atoms with van der Waals surface area (Å²) in [4.78, 5) is 30.7. The average Bonchev–Trinajstić information content (AvgIpc) is 3.38. The second-order valence-corrected chi connectivity index (χ2v) is 13.3. The lowest BCUT2D eigenvalue weighted by atomic mass is 9.91. The van der Waals surface area contributed by atoms with E-state index >= 15 is 0 Å². The molecule has 0 aliphatic carbocycles. The second kappa shape index (κ2) is 14.6. The van der Waals surface area contributed by atoms with Crippen molar-refractivity contribution in [1.82, 2.24) is 9.80 Å². The Morgan fingerprint density at radius 1 is 0.800 bits per heavy atom. The van der Waals surface area contributed by atoms with Gasteiger partial charge in [-0.2, -0.15) is 0 Å². The van der Waals surface area contributed by atoms with Crippen LogP contribution in [0.15, 0.2) is 47.4 Å². The van der Waals surface area contributed by atoms with Crippen LogP contribution in [0.25, 0.3) is 0 Å². The van der Waals surface area contributed by atoms with Gasteiger partial charge in [0.25, 0.3) is 10.0 Å². The largest absolute Gasteiger partial charge is 0.343 e. The Bertz CT molecular complexity index is 1270. The van der Waals surface area contributed by atoms with Gasteiger partial charge in [-0.05, 0) is 74.4 Å². The van der Waals surface area contributed by atoms with Crippen molar-refractivity contribution in [3.05, 3.63) is 58.1 Å². The fourth-order valence-corrected chi connectivity index (χ4v) is 6.99. The molecule has 0 spiro atoms. The molecular weight excluding hydrogens is 569 g/mol. The van der Waals surface area contributed by atoms with Gasteiger partial charge in [-0.1, -0.05) is 61.0 Å². The van der Waals surface area contributed by atoms with Crippen LogP contribution in [0.4, 0.5) is 5.69 Å². The van der Waals surface area contributed by atoms with Crippen molar-refractivity contribution >= 4 is 50.7 Å². The fourth-order valence-electron chi connectivity index (χ4n) is 5.56. The van der Waals surface area contributed by atoms with E-state index in [1.807, 2.05) is 15.9 Å². The first-order chi connectivity index (χ1) is 19.2. The number of carbonyl (C=O) groups is 2. The summed E-state index contributed by atoms with van der Waals surface area (Å²) in [5.41, 5.74) is 1.10. The van der Waals surface area contributed by atoms with E-state index in [4.69, 9.17) is 23.2 Å². The topological polar surface area (TPSA) is 86.8 Å². The van der Waals surface area contributed by atoms with Crippen molar-refractivity contribution in [2.45, 2.75) is 81.4 Å². The van der Waals surface area contributed by atoms with Crippen LogP contribution in [-0.4, -0.2) is 56.2 Å². The van der Waals surface area contributed by atoms with E-state index in [1.54, 1.807) is 18.2 Å². The van der Waals surface area contributed by atoms with E-state index in [0.29, 0.717) is 24.9 Å². The molecule has 0 bridgehead atoms. The smallest absolute Gasteiger partial charge is 0.261 e. The van der Waals surface area contributed by atoms with Crippen molar-refractivity contribution in [3.8, 4) is 0 Å². The minimum atomic E-state index is -3.92. The number of carbonyl (C=O) groups excluding carboxylic acids is 2. The Kier molecular flexibility index (Phi) is 11.2. The van der Waals surface area contributed by atoms with Crippen LogP contribution in [0.5, 0.6) is 0 Å². The molecule has 40 heavy (non-hydrogen) atoms. The van der Waals surface area contributed by atoms with E-state index in [2.05, 4.69) is 4.72 Å². The minimum absolute atomic E-state index is 0.00322. The van der Waals surface area contributed by atoms with Crippen molar-refractivity contribution in [2.75, 3.05) is 30.9 Å². The number of halogens is 2. The number of rotatable bonds is 9. The van der Waals surface area contributed by atoms with Gasteiger partial charge >= 0.3 is 0 Å². The van der Waals surface area contributed by atoms with Crippen LogP contribution in [0.2, 0.25) is 10.0 Å². The van der Waals surface area contributed by atoms with Crippen molar-refractivity contribution < 1.29 is 18.0 Å². The van der Waals surface area contributed by atoms with Crippen molar-refractivity contribution in [1.29, 1.82) is 0 Å². The first-order valence-corrected chi connectivity index (χ1v) is 16.6. The molecule has 2 amide bonds. The zero-order valence-electron chi connectivity index (χ0n) is 22.9. The van der Waals surface area contributed by atoms with Crippen LogP contribution in [-0.2, 0) is 19.6 Å². The van der Waals surface area contributed by atoms with Crippen molar-refractivity contribution in [3.63, 3.8) is 0 Å². The molecule has 4 rings (SSSR count). The lowest BCUT2D eigenvalue weighted by molar-refractivity contribution is -0.134. The van der Waals surface area contributed by atoms with E-state index in [-0.39, 0.29) is 26.8 Å². The molecule has 1 N–H and O–H groups in total. The highest BCUT2D eigenvalue weighted by Gasteiger charge is 2.28. The molecule has 2 fully saturated rings. The summed E-state index contributed by atoms with van der Waals surface area (Å²) in [5.74, 6) is -0.246. The third kappa shape index (κ3) is 8.37. The van der Waals surface area contributed by atoms with Gasteiger partial charge in [0.05, 0.1) is 20.9 Å². The Balaban J connectivity index is 1.51. The van der Waals surface area contributed by atoms with Crippen molar-refractivity contribution in [2.24, 2.45) is 0 Å². The highest BCUT2D eigenvalue weighted by Crippen LogP contribution is 2.30. The molecule has 2 aliphatic rings. The van der Waals surface area contributed by atoms with Gasteiger partial charge in [0.1, 0.15) is 0 Å². The molecule has 2 saturated heterocycles. The molecule has 2 aromatic carbocycles. The summed E-state index contributed by atoms with van der Waals surface area (Å²) in [6.07, 6.45) is 10.2. The maximum absolute atomic E-state index is 13.8. The molecular formula is C30H39Cl2N3O4S. The average molecular weight is 609 g/mol. The first kappa shape index (κ1) is 30.7. The molecule has 10 heteroatoms. The summed E-state index contributed by atoms with van der Waals surface area (Å²) in [6, 6.07) is 11.2. The third-order valence-corrected chi connectivity index (χ3v) is 9.92. The molecule has 1 atom stereocenters. The number of nitrogens with zero attached hydrogens (tertiary/aromatic N) is 2. The van der Waals surface area contributed by atoms with Gasteiger partial charge < -0.3 is 9.80 Å². The summed E-state index contributed by atoms with van der Waals surface area (Å²) in [6.45, 7) is 3.09. The number of benzene rings is 2. The van der Waals surface area contributed by atoms with Crippen LogP contribution >= 0.6 is 23.2 Å². The van der Waals surface area contributed by atoms with Gasteiger partial charge in [0, 0.05) is 38.3 Å². The molecule has 2 aromatic rings. The fraction of sp³-hybridized carbons (Fsp3) is 0.533. The number of sulfonamides is 1. The normalized spacial score (nSPS) is 17.6. The Labute approximate surface area is 248 Å². The number of amides is 2. The number of anilines is 1. The summed E-state index contributed by atoms with van der Waals surface area (Å²) in [7, 11) is -3.92. The lowest BCUT2D eigenvalue weighted by Gasteiger charge is -2.27. The SMILES string of the molecule is O=C(CCCC(C(=O)N1CCCCCC1)c1cccc(NS(=O)(=O)c2ccc(Cl)c(Cl)c2)c1)N1CCCCCC1. The van der Waals surface area contributed by atoms with Crippen LogP contribution in [0.1, 0.15) is 82.1 Å². The molecule has 2 aliphatic heterocycles.